The van der Waals surface area contributed by atoms with Gasteiger partial charge in [0.1, 0.15) is 0 Å². The van der Waals surface area contributed by atoms with Gasteiger partial charge in [0, 0.05) is 5.66 Å². The van der Waals surface area contributed by atoms with Gasteiger partial charge in [-0.05, 0) is 37.4 Å². The molecule has 2 rings (SSSR count). The van der Waals surface area contributed by atoms with Gasteiger partial charge in [-0.2, -0.15) is 0 Å². The maximum absolute atomic E-state index is 2.67. The Hall–Kier alpha value is -0.650. The molecule has 0 aliphatic heterocycles. The highest BCUT2D eigenvalue weighted by Crippen LogP contribution is 2.64. The summed E-state index contributed by atoms with van der Waals surface area (Å²) >= 11 is 0. The Morgan fingerprint density at radius 2 is 1.74 bits per heavy atom. The second kappa shape index (κ2) is 5.77. The van der Waals surface area contributed by atoms with Crippen LogP contribution in [0.3, 0.4) is 0 Å². The molecule has 1 nitrogen and oxygen atoms in total. The first-order valence-electron chi connectivity index (χ1n) is 7.30. The molecule has 0 saturated heterocycles. The first-order valence-corrected chi connectivity index (χ1v) is 8.66. The van der Waals surface area contributed by atoms with Crippen molar-refractivity contribution in [1.82, 2.24) is 4.67 Å². The SMILES string of the molecule is CCN(CC)P(C1C=Cc2ccccc21)C(C)(C)C. The van der Waals surface area contributed by atoms with Gasteiger partial charge in [0.25, 0.3) is 0 Å². The van der Waals surface area contributed by atoms with Crippen molar-refractivity contribution in [2.75, 3.05) is 13.1 Å². The predicted molar refractivity (Wildman–Crippen MR) is 87.8 cm³/mol. The predicted octanol–water partition coefficient (Wildman–Crippen LogP) is 5.29. The Balaban J connectivity index is 2.39. The molecular weight excluding hydrogens is 249 g/mol. The van der Waals surface area contributed by atoms with Crippen molar-refractivity contribution in [3.63, 3.8) is 0 Å². The number of rotatable bonds is 4. The third kappa shape index (κ3) is 2.93. The zero-order valence-corrected chi connectivity index (χ0v) is 13.7. The highest BCUT2D eigenvalue weighted by atomic mass is 31.1. The normalized spacial score (nSPS) is 19.8. The average molecular weight is 275 g/mol. The second-order valence-corrected chi connectivity index (χ2v) is 9.24. The summed E-state index contributed by atoms with van der Waals surface area (Å²) in [5.74, 6) is 0. The molecule has 0 heterocycles. The monoisotopic (exact) mass is 275 g/mol. The lowest BCUT2D eigenvalue weighted by Gasteiger charge is -2.43. The summed E-state index contributed by atoms with van der Waals surface area (Å²) < 4.78 is 2.67. The van der Waals surface area contributed by atoms with Gasteiger partial charge in [0.05, 0.1) is 0 Å². The van der Waals surface area contributed by atoms with Gasteiger partial charge in [0.2, 0.25) is 0 Å². The Labute approximate surface area is 119 Å². The van der Waals surface area contributed by atoms with E-state index in [0.29, 0.717) is 10.8 Å². The zero-order valence-electron chi connectivity index (χ0n) is 12.9. The molecule has 0 aromatic heterocycles. The zero-order chi connectivity index (χ0) is 14.0. The largest absolute Gasteiger partial charge is 0.281 e. The van der Waals surface area contributed by atoms with E-state index in [1.807, 2.05) is 0 Å². The van der Waals surface area contributed by atoms with Crippen LogP contribution >= 0.6 is 8.07 Å². The molecule has 19 heavy (non-hydrogen) atoms. The summed E-state index contributed by atoms with van der Waals surface area (Å²) in [6, 6.07) is 8.87. The Morgan fingerprint density at radius 1 is 1.11 bits per heavy atom. The maximum atomic E-state index is 2.67. The molecule has 1 aromatic carbocycles. The van der Waals surface area contributed by atoms with Crippen molar-refractivity contribution in [2.24, 2.45) is 0 Å². The van der Waals surface area contributed by atoms with Crippen LogP contribution in [0.1, 0.15) is 51.4 Å². The molecule has 0 bridgehead atoms. The summed E-state index contributed by atoms with van der Waals surface area (Å²) in [4.78, 5) is 0. The summed E-state index contributed by atoms with van der Waals surface area (Å²) in [5.41, 5.74) is 3.53. The molecule has 1 aliphatic rings. The lowest BCUT2D eigenvalue weighted by Crippen LogP contribution is -2.29. The van der Waals surface area contributed by atoms with Crippen LogP contribution < -0.4 is 0 Å². The van der Waals surface area contributed by atoms with Crippen LogP contribution in [0.25, 0.3) is 6.08 Å². The fourth-order valence-corrected chi connectivity index (χ4v) is 6.38. The minimum absolute atomic E-state index is 0.207. The Kier molecular flexibility index (Phi) is 4.48. The van der Waals surface area contributed by atoms with Crippen molar-refractivity contribution in [3.05, 3.63) is 41.5 Å². The molecule has 0 saturated carbocycles. The van der Waals surface area contributed by atoms with E-state index < -0.39 is 0 Å². The third-order valence-electron chi connectivity index (χ3n) is 3.76. The van der Waals surface area contributed by atoms with E-state index in [1.54, 1.807) is 0 Å². The van der Waals surface area contributed by atoms with Gasteiger partial charge in [0.15, 0.2) is 0 Å². The van der Waals surface area contributed by atoms with E-state index in [-0.39, 0.29) is 8.07 Å². The Morgan fingerprint density at radius 3 is 2.32 bits per heavy atom. The topological polar surface area (TPSA) is 3.24 Å². The van der Waals surface area contributed by atoms with E-state index in [0.717, 1.165) is 13.1 Å². The van der Waals surface area contributed by atoms with Gasteiger partial charge in [-0.1, -0.05) is 71.0 Å². The third-order valence-corrected chi connectivity index (χ3v) is 7.29. The van der Waals surface area contributed by atoms with Crippen molar-refractivity contribution in [1.29, 1.82) is 0 Å². The quantitative estimate of drug-likeness (QED) is 0.675. The van der Waals surface area contributed by atoms with Crippen LogP contribution in [0.2, 0.25) is 0 Å². The van der Waals surface area contributed by atoms with Crippen LogP contribution in [0.5, 0.6) is 0 Å². The van der Waals surface area contributed by atoms with Gasteiger partial charge >= 0.3 is 0 Å². The molecular formula is C17H26NP. The van der Waals surface area contributed by atoms with Gasteiger partial charge in [-0.25, -0.2) is 0 Å². The molecule has 2 atom stereocenters. The minimum Gasteiger partial charge on any atom is -0.281 e. The highest BCUT2D eigenvalue weighted by Gasteiger charge is 2.37. The molecule has 2 heteroatoms. The van der Waals surface area contributed by atoms with Gasteiger partial charge in [-0.15, -0.1) is 0 Å². The summed E-state index contributed by atoms with van der Waals surface area (Å²) in [6.45, 7) is 14.0. The van der Waals surface area contributed by atoms with Gasteiger partial charge < -0.3 is 0 Å². The van der Waals surface area contributed by atoms with Crippen LogP contribution in [-0.2, 0) is 0 Å². The first-order chi connectivity index (χ1) is 8.99. The summed E-state index contributed by atoms with van der Waals surface area (Å²) in [5, 5.41) is 0.341. The first kappa shape index (κ1) is 14.8. The van der Waals surface area contributed by atoms with E-state index >= 15 is 0 Å². The van der Waals surface area contributed by atoms with E-state index in [9.17, 15) is 0 Å². The van der Waals surface area contributed by atoms with Crippen molar-refractivity contribution in [2.45, 2.75) is 45.4 Å². The molecule has 0 spiro atoms. The molecule has 2 unspecified atom stereocenters. The molecule has 1 aliphatic carbocycles. The van der Waals surface area contributed by atoms with E-state index in [2.05, 4.69) is 75.7 Å². The van der Waals surface area contributed by atoms with Gasteiger partial charge in [-0.3, -0.25) is 4.67 Å². The molecule has 0 fully saturated rings. The van der Waals surface area contributed by atoms with Crippen LogP contribution in [0.4, 0.5) is 0 Å². The number of hydrogen-bond acceptors (Lipinski definition) is 1. The number of benzene rings is 1. The molecule has 0 amide bonds. The number of allylic oxidation sites excluding steroid dienone is 1. The minimum atomic E-state index is -0.207. The smallest absolute Gasteiger partial charge is 0.0368 e. The van der Waals surface area contributed by atoms with E-state index in [1.165, 1.54) is 11.1 Å². The van der Waals surface area contributed by atoms with E-state index in [4.69, 9.17) is 0 Å². The summed E-state index contributed by atoms with van der Waals surface area (Å²) in [7, 11) is -0.207. The number of nitrogens with zero attached hydrogens (tertiary/aromatic N) is 1. The highest BCUT2D eigenvalue weighted by molar-refractivity contribution is 7.57. The number of hydrogen-bond donors (Lipinski definition) is 0. The van der Waals surface area contributed by atoms with Crippen molar-refractivity contribution in [3.8, 4) is 0 Å². The van der Waals surface area contributed by atoms with Crippen molar-refractivity contribution < 1.29 is 0 Å². The molecule has 0 radical (unpaired) electrons. The lowest BCUT2D eigenvalue weighted by molar-refractivity contribution is 0.485. The van der Waals surface area contributed by atoms with Crippen molar-refractivity contribution >= 4 is 14.1 Å². The average Bonchev–Trinajstić information content (AvgIpc) is 2.78. The van der Waals surface area contributed by atoms with Crippen LogP contribution in [0.15, 0.2) is 30.3 Å². The lowest BCUT2D eigenvalue weighted by atomic mass is 10.1. The molecule has 0 N–H and O–H groups in total. The second-order valence-electron chi connectivity index (χ2n) is 6.09. The summed E-state index contributed by atoms with van der Waals surface area (Å²) in [6.07, 6.45) is 4.74. The standard InChI is InChI=1S/C17H26NP/c1-6-18(7-2)19(17(3,4)5)16-13-12-14-10-8-9-11-15(14)16/h8-13,16H,6-7H2,1-5H3. The maximum Gasteiger partial charge on any atom is 0.0368 e. The van der Waals surface area contributed by atoms with Crippen LogP contribution in [-0.4, -0.2) is 22.9 Å². The Bertz CT molecular complexity index is 455. The van der Waals surface area contributed by atoms with Crippen LogP contribution in [0, 0.1) is 0 Å². The fraction of sp³-hybridized carbons (Fsp3) is 0.529. The molecule has 104 valence electrons. The number of fused-ring (bicyclic) bond motifs is 1. The fourth-order valence-electron chi connectivity index (χ4n) is 2.99. The molecule has 1 aromatic rings.